The molecular weight excluding hydrogens is 418 g/mol. The fourth-order valence-electron chi connectivity index (χ4n) is 4.56. The molecular formula is C26H23N3O2S. The third-order valence-corrected chi connectivity index (χ3v) is 7.26. The van der Waals surface area contributed by atoms with Crippen LogP contribution < -0.4 is 11.1 Å². The fourth-order valence-corrected chi connectivity index (χ4v) is 5.85. The van der Waals surface area contributed by atoms with Crippen molar-refractivity contribution >= 4 is 39.1 Å². The van der Waals surface area contributed by atoms with E-state index in [4.69, 9.17) is 10.7 Å². The quantitative estimate of drug-likeness (QED) is 0.438. The van der Waals surface area contributed by atoms with Crippen LogP contribution in [0.1, 0.15) is 49.6 Å². The van der Waals surface area contributed by atoms with Crippen LogP contribution >= 0.6 is 11.3 Å². The van der Waals surface area contributed by atoms with Crippen LogP contribution in [-0.2, 0) is 12.8 Å². The van der Waals surface area contributed by atoms with Crippen molar-refractivity contribution in [3.05, 3.63) is 81.7 Å². The number of benzene rings is 2. The average Bonchev–Trinajstić information content (AvgIpc) is 3.17. The van der Waals surface area contributed by atoms with Crippen LogP contribution in [0.25, 0.3) is 22.2 Å². The van der Waals surface area contributed by atoms with Crippen molar-refractivity contribution in [2.45, 2.75) is 32.6 Å². The Morgan fingerprint density at radius 2 is 1.69 bits per heavy atom. The Bertz CT molecular complexity index is 1360. The van der Waals surface area contributed by atoms with Gasteiger partial charge < -0.3 is 11.1 Å². The molecule has 0 atom stereocenters. The van der Waals surface area contributed by atoms with Crippen molar-refractivity contribution in [3.63, 3.8) is 0 Å². The summed E-state index contributed by atoms with van der Waals surface area (Å²) in [5.41, 5.74) is 11.0. The predicted octanol–water partition coefficient (Wildman–Crippen LogP) is 5.50. The van der Waals surface area contributed by atoms with E-state index in [1.54, 1.807) is 0 Å². The standard InChI is InChI=1S/C26H23N3O2S/c1-15-21(17-11-5-7-13-19(17)28-23(15)16-9-3-2-4-10-16)25(31)29-26-22(24(27)30)18-12-6-8-14-20(18)32-26/h2-5,7,9-11,13H,6,8,12,14H2,1H3,(H2,27,30)(H,29,31). The lowest BCUT2D eigenvalue weighted by molar-refractivity contribution is 0.100. The van der Waals surface area contributed by atoms with Gasteiger partial charge in [-0.25, -0.2) is 4.98 Å². The van der Waals surface area contributed by atoms with Gasteiger partial charge in [0, 0.05) is 15.8 Å². The van der Waals surface area contributed by atoms with E-state index in [-0.39, 0.29) is 5.91 Å². The van der Waals surface area contributed by atoms with Gasteiger partial charge in [-0.1, -0.05) is 48.5 Å². The number of carbonyl (C=O) groups is 2. The maximum atomic E-state index is 13.6. The Morgan fingerprint density at radius 3 is 2.47 bits per heavy atom. The first-order valence-corrected chi connectivity index (χ1v) is 11.6. The number of primary amides is 1. The second-order valence-electron chi connectivity index (χ2n) is 8.08. The zero-order valence-corrected chi connectivity index (χ0v) is 18.6. The number of fused-ring (bicyclic) bond motifs is 2. The van der Waals surface area contributed by atoms with E-state index in [0.29, 0.717) is 16.1 Å². The molecule has 0 bridgehead atoms. The topological polar surface area (TPSA) is 85.1 Å². The van der Waals surface area contributed by atoms with Gasteiger partial charge in [0.2, 0.25) is 0 Å². The van der Waals surface area contributed by atoms with E-state index in [2.05, 4.69) is 5.32 Å². The van der Waals surface area contributed by atoms with E-state index in [9.17, 15) is 9.59 Å². The molecule has 4 aromatic rings. The van der Waals surface area contributed by atoms with Gasteiger partial charge in [-0.15, -0.1) is 11.3 Å². The number of para-hydroxylation sites is 1. The Balaban J connectivity index is 1.64. The van der Waals surface area contributed by atoms with Crippen LogP contribution in [0.2, 0.25) is 0 Å². The highest BCUT2D eigenvalue weighted by molar-refractivity contribution is 7.17. The van der Waals surface area contributed by atoms with E-state index < -0.39 is 5.91 Å². The molecule has 0 spiro atoms. The normalized spacial score (nSPS) is 13.0. The Hall–Kier alpha value is -3.51. The Labute approximate surface area is 190 Å². The molecule has 5 nitrogen and oxygen atoms in total. The maximum absolute atomic E-state index is 13.6. The summed E-state index contributed by atoms with van der Waals surface area (Å²) >= 11 is 1.48. The van der Waals surface area contributed by atoms with Crippen molar-refractivity contribution in [3.8, 4) is 11.3 Å². The first-order valence-electron chi connectivity index (χ1n) is 10.7. The third-order valence-electron chi connectivity index (χ3n) is 6.05. The number of hydrogen-bond donors (Lipinski definition) is 2. The number of aryl methyl sites for hydroxylation is 1. The number of pyridine rings is 1. The Morgan fingerprint density at radius 1 is 0.969 bits per heavy atom. The minimum Gasteiger partial charge on any atom is -0.365 e. The molecule has 2 amide bonds. The van der Waals surface area contributed by atoms with Crippen molar-refractivity contribution in [2.75, 3.05) is 5.32 Å². The lowest BCUT2D eigenvalue weighted by Gasteiger charge is -2.15. The second kappa shape index (κ2) is 8.20. The molecule has 2 aromatic heterocycles. The number of nitrogens with zero attached hydrogens (tertiary/aromatic N) is 1. The van der Waals surface area contributed by atoms with E-state index in [1.807, 2.05) is 61.5 Å². The molecule has 0 unspecified atom stereocenters. The van der Waals surface area contributed by atoms with Crippen molar-refractivity contribution in [2.24, 2.45) is 5.73 Å². The molecule has 0 saturated carbocycles. The molecule has 1 aliphatic rings. The van der Waals surface area contributed by atoms with Crippen LogP contribution in [0.4, 0.5) is 5.00 Å². The highest BCUT2D eigenvalue weighted by atomic mass is 32.1. The smallest absolute Gasteiger partial charge is 0.257 e. The average molecular weight is 442 g/mol. The van der Waals surface area contributed by atoms with Gasteiger partial charge in [0.1, 0.15) is 5.00 Å². The van der Waals surface area contributed by atoms with Crippen LogP contribution in [0.5, 0.6) is 0 Å². The minimum absolute atomic E-state index is 0.251. The van der Waals surface area contributed by atoms with Crippen molar-refractivity contribution in [1.82, 2.24) is 4.98 Å². The van der Waals surface area contributed by atoms with Crippen LogP contribution in [-0.4, -0.2) is 16.8 Å². The van der Waals surface area contributed by atoms with Gasteiger partial charge in [-0.2, -0.15) is 0 Å². The number of aromatic nitrogens is 1. The Kier molecular flexibility index (Phi) is 5.23. The molecule has 2 aromatic carbocycles. The number of thiophene rings is 1. The van der Waals surface area contributed by atoms with Gasteiger partial charge in [-0.05, 0) is 49.8 Å². The minimum atomic E-state index is -0.485. The summed E-state index contributed by atoms with van der Waals surface area (Å²) in [6, 6.07) is 17.5. The van der Waals surface area contributed by atoms with E-state index in [0.717, 1.165) is 63.8 Å². The molecule has 0 fully saturated rings. The van der Waals surface area contributed by atoms with Crippen LogP contribution in [0, 0.1) is 6.92 Å². The number of anilines is 1. The summed E-state index contributed by atoms with van der Waals surface area (Å²) in [7, 11) is 0. The number of hydrogen-bond acceptors (Lipinski definition) is 4. The molecule has 32 heavy (non-hydrogen) atoms. The highest BCUT2D eigenvalue weighted by Crippen LogP contribution is 2.39. The molecule has 0 saturated heterocycles. The summed E-state index contributed by atoms with van der Waals surface area (Å²) < 4.78 is 0. The number of nitrogens with two attached hydrogens (primary N) is 1. The van der Waals surface area contributed by atoms with Crippen LogP contribution in [0.3, 0.4) is 0 Å². The first kappa shape index (κ1) is 20.4. The SMILES string of the molecule is Cc1c(-c2ccccc2)nc2ccccc2c1C(=O)Nc1sc2c(c1C(N)=O)CCCC2. The summed E-state index contributed by atoms with van der Waals surface area (Å²) in [6.07, 6.45) is 3.88. The van der Waals surface area contributed by atoms with Gasteiger partial charge >= 0.3 is 0 Å². The van der Waals surface area contributed by atoms with Gasteiger partial charge in [0.05, 0.1) is 22.3 Å². The molecule has 3 N–H and O–H groups in total. The largest absolute Gasteiger partial charge is 0.365 e. The number of rotatable bonds is 4. The van der Waals surface area contributed by atoms with Crippen molar-refractivity contribution in [1.29, 1.82) is 0 Å². The maximum Gasteiger partial charge on any atom is 0.257 e. The van der Waals surface area contributed by atoms with Crippen molar-refractivity contribution < 1.29 is 9.59 Å². The monoisotopic (exact) mass is 441 g/mol. The second-order valence-corrected chi connectivity index (χ2v) is 9.18. The lowest BCUT2D eigenvalue weighted by Crippen LogP contribution is -2.19. The van der Waals surface area contributed by atoms with Gasteiger partial charge in [0.25, 0.3) is 11.8 Å². The van der Waals surface area contributed by atoms with E-state index >= 15 is 0 Å². The number of amides is 2. The number of carbonyl (C=O) groups excluding carboxylic acids is 2. The molecule has 2 heterocycles. The molecule has 5 rings (SSSR count). The zero-order chi connectivity index (χ0) is 22.2. The molecule has 0 radical (unpaired) electrons. The molecule has 160 valence electrons. The summed E-state index contributed by atoms with van der Waals surface area (Å²) in [6.45, 7) is 1.92. The van der Waals surface area contributed by atoms with E-state index in [1.165, 1.54) is 11.3 Å². The fraction of sp³-hybridized carbons (Fsp3) is 0.192. The predicted molar refractivity (Wildman–Crippen MR) is 129 cm³/mol. The summed E-state index contributed by atoms with van der Waals surface area (Å²) in [5.74, 6) is -0.736. The summed E-state index contributed by atoms with van der Waals surface area (Å²) in [4.78, 5) is 31.9. The zero-order valence-electron chi connectivity index (χ0n) is 17.8. The molecule has 1 aliphatic carbocycles. The number of nitrogens with one attached hydrogen (secondary N) is 1. The van der Waals surface area contributed by atoms with Gasteiger partial charge in [-0.3, -0.25) is 9.59 Å². The highest BCUT2D eigenvalue weighted by Gasteiger charge is 2.26. The third kappa shape index (κ3) is 3.46. The summed E-state index contributed by atoms with van der Waals surface area (Å²) in [5, 5.41) is 4.36. The lowest BCUT2D eigenvalue weighted by atomic mass is 9.95. The molecule has 6 heteroatoms. The van der Waals surface area contributed by atoms with Crippen LogP contribution in [0.15, 0.2) is 54.6 Å². The first-order chi connectivity index (χ1) is 15.5. The van der Waals surface area contributed by atoms with Gasteiger partial charge in [0.15, 0.2) is 0 Å². The molecule has 0 aliphatic heterocycles.